The van der Waals surface area contributed by atoms with Crippen LogP contribution in [-0.4, -0.2) is 23.0 Å². The van der Waals surface area contributed by atoms with Gasteiger partial charge >= 0.3 is 5.97 Å². The molecule has 0 aromatic heterocycles. The van der Waals surface area contributed by atoms with E-state index in [0.29, 0.717) is 6.42 Å². The molecule has 19 heavy (non-hydrogen) atoms. The Kier molecular flexibility index (Phi) is 7.09. The first-order valence-electron chi connectivity index (χ1n) is 7.09. The molecule has 3 unspecified atom stereocenters. The molecule has 112 valence electrons. The lowest BCUT2D eigenvalue weighted by molar-refractivity contribution is -0.143. The molecule has 1 amide bonds. The summed E-state index contributed by atoms with van der Waals surface area (Å²) < 4.78 is 0. The lowest BCUT2D eigenvalue weighted by atomic mass is 9.84. The number of carbonyl (C=O) groups is 2. The van der Waals surface area contributed by atoms with E-state index in [4.69, 9.17) is 5.11 Å². The molecule has 0 aromatic carbocycles. The van der Waals surface area contributed by atoms with Gasteiger partial charge in [0.05, 0.1) is 0 Å². The Morgan fingerprint density at radius 3 is 2.11 bits per heavy atom. The van der Waals surface area contributed by atoms with Crippen molar-refractivity contribution in [3.05, 3.63) is 0 Å². The smallest absolute Gasteiger partial charge is 0.326 e. The van der Waals surface area contributed by atoms with Crippen molar-refractivity contribution < 1.29 is 14.7 Å². The summed E-state index contributed by atoms with van der Waals surface area (Å²) in [7, 11) is 0. The monoisotopic (exact) mass is 271 g/mol. The summed E-state index contributed by atoms with van der Waals surface area (Å²) in [6, 6.07) is -0.778. The van der Waals surface area contributed by atoms with E-state index in [2.05, 4.69) is 26.1 Å². The number of rotatable bonds is 7. The predicted octanol–water partition coefficient (Wildman–Crippen LogP) is 3.06. The molecule has 0 radical (unpaired) electrons. The fourth-order valence-electron chi connectivity index (χ4n) is 2.35. The van der Waals surface area contributed by atoms with Crippen molar-refractivity contribution >= 4 is 11.9 Å². The fourth-order valence-corrected chi connectivity index (χ4v) is 2.35. The first-order valence-corrected chi connectivity index (χ1v) is 7.09. The number of amides is 1. The van der Waals surface area contributed by atoms with Gasteiger partial charge in [-0.3, -0.25) is 4.79 Å². The molecular weight excluding hydrogens is 242 g/mol. The molecule has 0 aliphatic carbocycles. The molecule has 0 rings (SSSR count). The van der Waals surface area contributed by atoms with Gasteiger partial charge in [0.25, 0.3) is 0 Å². The highest BCUT2D eigenvalue weighted by Crippen LogP contribution is 2.25. The molecule has 4 heteroatoms. The first kappa shape index (κ1) is 17.9. The van der Waals surface area contributed by atoms with Crippen molar-refractivity contribution in [2.24, 2.45) is 17.3 Å². The Morgan fingerprint density at radius 2 is 1.74 bits per heavy atom. The standard InChI is InChI=1S/C15H29NO3/c1-7-11(3)13(14(18)19)16-12(17)8-10(2)9-15(4,5)6/h10-11,13H,7-9H2,1-6H3,(H,16,17)(H,18,19). The van der Waals surface area contributed by atoms with E-state index in [1.165, 1.54) is 0 Å². The van der Waals surface area contributed by atoms with E-state index in [0.717, 1.165) is 12.8 Å². The van der Waals surface area contributed by atoms with Gasteiger partial charge in [-0.05, 0) is 23.7 Å². The quantitative estimate of drug-likeness (QED) is 0.748. The molecule has 0 spiro atoms. The second-order valence-corrected chi connectivity index (χ2v) is 6.84. The Balaban J connectivity index is 4.39. The van der Waals surface area contributed by atoms with Crippen LogP contribution >= 0.6 is 0 Å². The number of carbonyl (C=O) groups excluding carboxylic acids is 1. The minimum atomic E-state index is -0.953. The van der Waals surface area contributed by atoms with E-state index < -0.39 is 12.0 Å². The highest BCUT2D eigenvalue weighted by Gasteiger charge is 2.26. The summed E-state index contributed by atoms with van der Waals surface area (Å²) in [6.07, 6.45) is 2.06. The highest BCUT2D eigenvalue weighted by atomic mass is 16.4. The average molecular weight is 271 g/mol. The van der Waals surface area contributed by atoms with Crippen molar-refractivity contribution in [1.29, 1.82) is 0 Å². The van der Waals surface area contributed by atoms with Gasteiger partial charge in [-0.15, -0.1) is 0 Å². The summed E-state index contributed by atoms with van der Waals surface area (Å²) in [6.45, 7) is 12.2. The van der Waals surface area contributed by atoms with Gasteiger partial charge in [0.2, 0.25) is 5.91 Å². The molecule has 0 aliphatic heterocycles. The molecule has 0 heterocycles. The van der Waals surface area contributed by atoms with Gasteiger partial charge in [0.15, 0.2) is 0 Å². The Labute approximate surface area is 117 Å². The first-order chi connectivity index (χ1) is 8.56. The number of carboxylic acid groups (broad SMARTS) is 1. The number of aliphatic carboxylic acids is 1. The summed E-state index contributed by atoms with van der Waals surface area (Å²) in [4.78, 5) is 23.0. The Bertz CT molecular complexity index is 307. The third kappa shape index (κ3) is 7.85. The van der Waals surface area contributed by atoms with Gasteiger partial charge in [0.1, 0.15) is 6.04 Å². The third-order valence-electron chi connectivity index (χ3n) is 3.29. The second kappa shape index (κ2) is 7.51. The van der Waals surface area contributed by atoms with E-state index in [1.54, 1.807) is 0 Å². The maximum absolute atomic E-state index is 11.9. The largest absolute Gasteiger partial charge is 0.480 e. The zero-order chi connectivity index (χ0) is 15.2. The molecule has 0 saturated carbocycles. The summed E-state index contributed by atoms with van der Waals surface area (Å²) in [5, 5.41) is 11.8. The topological polar surface area (TPSA) is 66.4 Å². The van der Waals surface area contributed by atoms with E-state index in [1.807, 2.05) is 20.8 Å². The minimum Gasteiger partial charge on any atom is -0.480 e. The van der Waals surface area contributed by atoms with Gasteiger partial charge in [-0.1, -0.05) is 48.0 Å². The van der Waals surface area contributed by atoms with E-state index in [-0.39, 0.29) is 23.2 Å². The zero-order valence-corrected chi connectivity index (χ0v) is 13.1. The molecule has 3 atom stereocenters. The SMILES string of the molecule is CCC(C)C(NC(=O)CC(C)CC(C)(C)C)C(=O)O. The van der Waals surface area contributed by atoms with E-state index >= 15 is 0 Å². The van der Waals surface area contributed by atoms with Crippen LogP contribution < -0.4 is 5.32 Å². The molecule has 0 fully saturated rings. The predicted molar refractivity (Wildman–Crippen MR) is 76.9 cm³/mol. The number of hydrogen-bond donors (Lipinski definition) is 2. The minimum absolute atomic E-state index is 0.0561. The molecule has 4 nitrogen and oxygen atoms in total. The molecule has 0 bridgehead atoms. The molecule has 0 aliphatic rings. The van der Waals surface area contributed by atoms with Crippen molar-refractivity contribution in [1.82, 2.24) is 5.32 Å². The summed E-state index contributed by atoms with van der Waals surface area (Å²) in [5.41, 5.74) is 0.183. The van der Waals surface area contributed by atoms with Crippen molar-refractivity contribution in [3.63, 3.8) is 0 Å². The average Bonchev–Trinajstić information content (AvgIpc) is 2.21. The van der Waals surface area contributed by atoms with Crippen LogP contribution in [0.3, 0.4) is 0 Å². The number of carboxylic acids is 1. The van der Waals surface area contributed by atoms with Crippen LogP contribution in [0.25, 0.3) is 0 Å². The van der Waals surface area contributed by atoms with Gasteiger partial charge in [-0.25, -0.2) is 4.79 Å². The van der Waals surface area contributed by atoms with Crippen LogP contribution in [0.1, 0.15) is 60.8 Å². The van der Waals surface area contributed by atoms with Crippen LogP contribution in [0.15, 0.2) is 0 Å². The Morgan fingerprint density at radius 1 is 1.21 bits per heavy atom. The van der Waals surface area contributed by atoms with E-state index in [9.17, 15) is 9.59 Å². The van der Waals surface area contributed by atoms with Crippen LogP contribution in [0.2, 0.25) is 0 Å². The normalized spacial score (nSPS) is 16.5. The van der Waals surface area contributed by atoms with Crippen molar-refractivity contribution in [2.75, 3.05) is 0 Å². The molecule has 0 saturated heterocycles. The van der Waals surface area contributed by atoms with Crippen LogP contribution in [-0.2, 0) is 9.59 Å². The number of hydrogen-bond acceptors (Lipinski definition) is 2. The summed E-state index contributed by atoms with van der Waals surface area (Å²) >= 11 is 0. The third-order valence-corrected chi connectivity index (χ3v) is 3.29. The fraction of sp³-hybridized carbons (Fsp3) is 0.867. The van der Waals surface area contributed by atoms with Gasteiger partial charge in [-0.2, -0.15) is 0 Å². The second-order valence-electron chi connectivity index (χ2n) is 6.84. The molecule has 0 aromatic rings. The molecular formula is C15H29NO3. The maximum Gasteiger partial charge on any atom is 0.326 e. The summed E-state index contributed by atoms with van der Waals surface area (Å²) in [5.74, 6) is -0.915. The Hall–Kier alpha value is -1.06. The van der Waals surface area contributed by atoms with Gasteiger partial charge < -0.3 is 10.4 Å². The highest BCUT2D eigenvalue weighted by molar-refractivity contribution is 5.83. The zero-order valence-electron chi connectivity index (χ0n) is 13.1. The van der Waals surface area contributed by atoms with Crippen LogP contribution in [0.4, 0.5) is 0 Å². The lowest BCUT2D eigenvalue weighted by Crippen LogP contribution is -2.45. The van der Waals surface area contributed by atoms with Gasteiger partial charge in [0, 0.05) is 6.42 Å². The van der Waals surface area contributed by atoms with Crippen molar-refractivity contribution in [2.45, 2.75) is 66.8 Å². The molecule has 2 N–H and O–H groups in total. The van der Waals surface area contributed by atoms with Crippen LogP contribution in [0.5, 0.6) is 0 Å². The number of nitrogens with one attached hydrogen (secondary N) is 1. The lowest BCUT2D eigenvalue weighted by Gasteiger charge is -2.24. The van der Waals surface area contributed by atoms with Crippen LogP contribution in [0, 0.1) is 17.3 Å². The van der Waals surface area contributed by atoms with Crippen molar-refractivity contribution in [3.8, 4) is 0 Å². The maximum atomic E-state index is 11.9.